The van der Waals surface area contributed by atoms with Gasteiger partial charge in [0.05, 0.1) is 7.11 Å². The van der Waals surface area contributed by atoms with Crippen molar-refractivity contribution in [3.63, 3.8) is 0 Å². The molecule has 1 rings (SSSR count). The van der Waals surface area contributed by atoms with E-state index in [0.717, 1.165) is 12.1 Å². The van der Waals surface area contributed by atoms with Crippen LogP contribution in [0.15, 0.2) is 0 Å². The maximum atomic E-state index is 10.9. The van der Waals surface area contributed by atoms with Crippen LogP contribution in [-0.2, 0) is 14.0 Å². The molecule has 0 saturated carbocycles. The van der Waals surface area contributed by atoms with Crippen LogP contribution in [0.25, 0.3) is 0 Å². The van der Waals surface area contributed by atoms with Gasteiger partial charge in [-0.1, -0.05) is 0 Å². The Morgan fingerprint density at radius 3 is 2.50 bits per heavy atom. The van der Waals surface area contributed by atoms with Crippen LogP contribution in [0.2, 0.25) is 18.6 Å². The van der Waals surface area contributed by atoms with Gasteiger partial charge in [-0.25, -0.2) is 0 Å². The zero-order valence-electron chi connectivity index (χ0n) is 7.92. The predicted molar refractivity (Wildman–Crippen MR) is 48.4 cm³/mol. The number of methoxy groups -OCH3 is 1. The molecule has 0 aliphatic carbocycles. The summed E-state index contributed by atoms with van der Waals surface area (Å²) in [6, 6.07) is 2.22. The second kappa shape index (κ2) is 3.58. The van der Waals surface area contributed by atoms with Crippen molar-refractivity contribution in [3.8, 4) is 0 Å². The number of carbonyl (C=O) groups excluding carboxylic acids is 1. The van der Waals surface area contributed by atoms with Gasteiger partial charge in [0.15, 0.2) is 8.32 Å². The van der Waals surface area contributed by atoms with Gasteiger partial charge in [0, 0.05) is 13.5 Å². The van der Waals surface area contributed by atoms with Gasteiger partial charge in [-0.15, -0.1) is 0 Å². The van der Waals surface area contributed by atoms with Gasteiger partial charge < -0.3 is 9.16 Å². The molecule has 0 amide bonds. The number of esters is 1. The number of hydrogen-bond acceptors (Lipinski definition) is 3. The van der Waals surface area contributed by atoms with Crippen LogP contribution in [0.5, 0.6) is 0 Å². The van der Waals surface area contributed by atoms with E-state index in [-0.39, 0.29) is 5.97 Å². The van der Waals surface area contributed by atoms with Crippen molar-refractivity contribution in [1.82, 2.24) is 0 Å². The average Bonchev–Trinajstić information content (AvgIpc) is 2.01. The van der Waals surface area contributed by atoms with Crippen LogP contribution >= 0.6 is 0 Å². The Labute approximate surface area is 74.2 Å². The van der Waals surface area contributed by atoms with Crippen LogP contribution in [0.4, 0.5) is 0 Å². The van der Waals surface area contributed by atoms with Gasteiger partial charge in [-0.3, -0.25) is 4.79 Å². The summed E-state index contributed by atoms with van der Waals surface area (Å²) in [6.45, 7) is 2.21. The standard InChI is InChI=1S/C8H16O3Si/c1-10-8(9)4-7-5-12(3,6-7)11-2/h7H,4-6H2,1-3H3. The predicted octanol–water partition coefficient (Wildman–Crippen LogP) is 1.40. The molecule has 4 heteroatoms. The van der Waals surface area contributed by atoms with Gasteiger partial charge in [0.2, 0.25) is 0 Å². The first-order valence-corrected chi connectivity index (χ1v) is 7.04. The van der Waals surface area contributed by atoms with Crippen LogP contribution in [0.3, 0.4) is 0 Å². The molecule has 0 unspecified atom stereocenters. The van der Waals surface area contributed by atoms with E-state index in [1.807, 2.05) is 0 Å². The summed E-state index contributed by atoms with van der Waals surface area (Å²) < 4.78 is 10.00. The van der Waals surface area contributed by atoms with Gasteiger partial charge in [0.25, 0.3) is 0 Å². The fourth-order valence-corrected chi connectivity index (χ4v) is 4.74. The minimum Gasteiger partial charge on any atom is -0.469 e. The third-order valence-electron chi connectivity index (χ3n) is 2.62. The molecule has 0 radical (unpaired) electrons. The number of ether oxygens (including phenoxy) is 1. The maximum Gasteiger partial charge on any atom is 0.305 e. The van der Waals surface area contributed by atoms with Crippen LogP contribution in [0.1, 0.15) is 6.42 Å². The molecule has 12 heavy (non-hydrogen) atoms. The molecule has 0 N–H and O–H groups in total. The molecule has 0 aromatic heterocycles. The van der Waals surface area contributed by atoms with Crippen molar-refractivity contribution < 1.29 is 14.0 Å². The molecule has 70 valence electrons. The van der Waals surface area contributed by atoms with E-state index in [1.54, 1.807) is 7.11 Å². The summed E-state index contributed by atoms with van der Waals surface area (Å²) in [5, 5.41) is 0. The monoisotopic (exact) mass is 188 g/mol. The molecule has 3 nitrogen and oxygen atoms in total. The summed E-state index contributed by atoms with van der Waals surface area (Å²) in [6.07, 6.45) is 0.572. The van der Waals surface area contributed by atoms with E-state index in [0.29, 0.717) is 12.3 Å². The second-order valence-corrected chi connectivity index (χ2v) is 7.83. The lowest BCUT2D eigenvalue weighted by atomic mass is 10.1. The summed E-state index contributed by atoms with van der Waals surface area (Å²) in [5.41, 5.74) is 0. The Bertz CT molecular complexity index is 175. The lowest BCUT2D eigenvalue weighted by Gasteiger charge is -2.41. The molecule has 0 bridgehead atoms. The molecule has 1 saturated heterocycles. The fourth-order valence-electron chi connectivity index (χ4n) is 1.79. The Balaban J connectivity index is 2.21. The van der Waals surface area contributed by atoms with E-state index < -0.39 is 8.32 Å². The van der Waals surface area contributed by atoms with Crippen molar-refractivity contribution in [3.05, 3.63) is 0 Å². The number of hydrogen-bond donors (Lipinski definition) is 0. The third kappa shape index (κ3) is 2.07. The molecular weight excluding hydrogens is 172 g/mol. The van der Waals surface area contributed by atoms with Crippen LogP contribution < -0.4 is 0 Å². The lowest BCUT2D eigenvalue weighted by molar-refractivity contribution is -0.141. The average molecular weight is 188 g/mol. The summed E-state index contributed by atoms with van der Waals surface area (Å²) in [4.78, 5) is 10.9. The largest absolute Gasteiger partial charge is 0.469 e. The molecule has 0 atom stereocenters. The topological polar surface area (TPSA) is 35.5 Å². The van der Waals surface area contributed by atoms with Gasteiger partial charge in [-0.2, -0.15) is 0 Å². The molecule has 1 heterocycles. The van der Waals surface area contributed by atoms with Gasteiger partial charge in [0.1, 0.15) is 0 Å². The highest BCUT2D eigenvalue weighted by Gasteiger charge is 2.44. The summed E-state index contributed by atoms with van der Waals surface area (Å²) in [5.74, 6) is 0.432. The zero-order chi connectivity index (χ0) is 9.19. The number of carbonyl (C=O) groups is 1. The van der Waals surface area contributed by atoms with Crippen molar-refractivity contribution in [1.29, 1.82) is 0 Å². The van der Waals surface area contributed by atoms with Crippen molar-refractivity contribution in [2.24, 2.45) is 5.92 Å². The molecule has 0 aromatic rings. The summed E-state index contributed by atoms with van der Waals surface area (Å²) in [7, 11) is 1.90. The van der Waals surface area contributed by atoms with E-state index in [4.69, 9.17) is 4.43 Å². The summed E-state index contributed by atoms with van der Waals surface area (Å²) >= 11 is 0. The third-order valence-corrected chi connectivity index (χ3v) is 6.48. The van der Waals surface area contributed by atoms with Crippen molar-refractivity contribution in [2.45, 2.75) is 25.1 Å². The molecular formula is C8H16O3Si. The first-order chi connectivity index (χ1) is 5.59. The Kier molecular flexibility index (Phi) is 2.90. The van der Waals surface area contributed by atoms with Crippen molar-refractivity contribution >= 4 is 14.3 Å². The molecule has 1 aliphatic heterocycles. The van der Waals surface area contributed by atoms with E-state index >= 15 is 0 Å². The minimum atomic E-state index is -1.32. The smallest absolute Gasteiger partial charge is 0.305 e. The van der Waals surface area contributed by atoms with E-state index in [9.17, 15) is 4.79 Å². The Morgan fingerprint density at radius 2 is 2.08 bits per heavy atom. The Hall–Kier alpha value is -0.353. The maximum absolute atomic E-state index is 10.9. The van der Waals surface area contributed by atoms with E-state index in [2.05, 4.69) is 11.3 Å². The molecule has 1 fully saturated rings. The van der Waals surface area contributed by atoms with Gasteiger partial charge >= 0.3 is 5.97 Å². The second-order valence-electron chi connectivity index (χ2n) is 3.71. The highest BCUT2D eigenvalue weighted by molar-refractivity contribution is 6.75. The lowest BCUT2D eigenvalue weighted by Crippen LogP contribution is -2.47. The quantitative estimate of drug-likeness (QED) is 0.496. The zero-order valence-corrected chi connectivity index (χ0v) is 8.92. The Morgan fingerprint density at radius 1 is 1.50 bits per heavy atom. The molecule has 1 aliphatic rings. The fraction of sp³-hybridized carbons (Fsp3) is 0.875. The highest BCUT2D eigenvalue weighted by Crippen LogP contribution is 2.40. The number of rotatable bonds is 3. The van der Waals surface area contributed by atoms with Crippen LogP contribution in [-0.4, -0.2) is 28.5 Å². The van der Waals surface area contributed by atoms with Gasteiger partial charge in [-0.05, 0) is 24.6 Å². The van der Waals surface area contributed by atoms with Crippen molar-refractivity contribution in [2.75, 3.05) is 14.2 Å². The normalized spacial score (nSPS) is 34.1. The van der Waals surface area contributed by atoms with E-state index in [1.165, 1.54) is 7.11 Å². The minimum absolute atomic E-state index is 0.0906. The molecule has 0 spiro atoms. The first-order valence-electron chi connectivity index (χ1n) is 4.21. The SMILES string of the molecule is COC(=O)CC1C[Si](C)(OC)C1. The highest BCUT2D eigenvalue weighted by atomic mass is 28.4. The molecule has 0 aromatic carbocycles. The van der Waals surface area contributed by atoms with Crippen LogP contribution in [0, 0.1) is 5.92 Å². The first kappa shape index (κ1) is 9.73.